The molecule has 2 aromatic heterocycles. The molecule has 0 amide bonds. The number of halogens is 1. The molecule has 2 aromatic rings. The van der Waals surface area contributed by atoms with Crippen molar-refractivity contribution in [3.63, 3.8) is 0 Å². The summed E-state index contributed by atoms with van der Waals surface area (Å²) in [6.45, 7) is 3.24. The number of ether oxygens (including phenoxy) is 1. The van der Waals surface area contributed by atoms with E-state index in [9.17, 15) is 0 Å². The monoisotopic (exact) mass is 254 g/mol. The van der Waals surface area contributed by atoms with Gasteiger partial charge in [0.15, 0.2) is 11.5 Å². The van der Waals surface area contributed by atoms with Crippen molar-refractivity contribution < 1.29 is 4.74 Å². The minimum Gasteiger partial charge on any atom is -0.373 e. The van der Waals surface area contributed by atoms with Crippen molar-refractivity contribution >= 4 is 22.6 Å². The Bertz CT molecular complexity index is 511. The molecule has 0 bridgehead atoms. The van der Waals surface area contributed by atoms with E-state index in [4.69, 9.17) is 16.3 Å². The largest absolute Gasteiger partial charge is 0.373 e. The summed E-state index contributed by atoms with van der Waals surface area (Å²) < 4.78 is 7.15. The topological polar surface area (TPSA) is 52.8 Å². The van der Waals surface area contributed by atoms with Crippen molar-refractivity contribution in [2.24, 2.45) is 7.05 Å². The fraction of sp³-hybridized carbons (Fsp3) is 0.545. The van der Waals surface area contributed by atoms with Crippen molar-refractivity contribution in [1.29, 1.82) is 0 Å². The summed E-state index contributed by atoms with van der Waals surface area (Å²) in [5.41, 5.74) is 0.735. The average molecular weight is 255 g/mol. The Balaban J connectivity index is 2.15. The molecule has 0 aromatic carbocycles. The highest BCUT2D eigenvalue weighted by Crippen LogP contribution is 2.19. The second-order valence-electron chi connectivity index (χ2n) is 3.84. The Hall–Kier alpha value is -1.20. The summed E-state index contributed by atoms with van der Waals surface area (Å²) in [4.78, 5) is 8.56. The first-order chi connectivity index (χ1) is 8.22. The highest BCUT2D eigenvalue weighted by atomic mass is 35.5. The van der Waals surface area contributed by atoms with Crippen LogP contribution >= 0.6 is 11.6 Å². The normalized spacial score (nSPS) is 11.2. The second kappa shape index (κ2) is 5.42. The molecule has 0 aliphatic heterocycles. The van der Waals surface area contributed by atoms with Crippen LogP contribution in [0.2, 0.25) is 5.15 Å². The Morgan fingerprint density at radius 1 is 1.41 bits per heavy atom. The Labute approximate surface area is 105 Å². The predicted molar refractivity (Wildman–Crippen MR) is 65.9 cm³/mol. The molecule has 0 aliphatic rings. The van der Waals surface area contributed by atoms with Gasteiger partial charge in [-0.2, -0.15) is 5.10 Å². The van der Waals surface area contributed by atoms with E-state index < -0.39 is 0 Å². The molecule has 0 saturated carbocycles. The maximum atomic E-state index is 6.06. The van der Waals surface area contributed by atoms with E-state index in [0.29, 0.717) is 17.6 Å². The van der Waals surface area contributed by atoms with Crippen molar-refractivity contribution in [2.45, 2.75) is 26.4 Å². The number of aromatic nitrogens is 4. The van der Waals surface area contributed by atoms with Crippen molar-refractivity contribution in [3.05, 3.63) is 17.2 Å². The molecule has 0 N–H and O–H groups in total. The van der Waals surface area contributed by atoms with Crippen LogP contribution < -0.4 is 0 Å². The molecule has 17 heavy (non-hydrogen) atoms. The van der Waals surface area contributed by atoms with Crippen LogP contribution in [0, 0.1) is 0 Å². The average Bonchev–Trinajstić information content (AvgIpc) is 2.68. The molecule has 0 atom stereocenters. The Kier molecular flexibility index (Phi) is 3.91. The summed E-state index contributed by atoms with van der Waals surface area (Å²) >= 11 is 6.06. The molecule has 0 radical (unpaired) electrons. The Morgan fingerprint density at radius 2 is 2.24 bits per heavy atom. The van der Waals surface area contributed by atoms with E-state index in [1.165, 1.54) is 0 Å². The van der Waals surface area contributed by atoms with Gasteiger partial charge in [0.1, 0.15) is 11.8 Å². The van der Waals surface area contributed by atoms with Crippen molar-refractivity contribution in [1.82, 2.24) is 19.7 Å². The zero-order valence-electron chi connectivity index (χ0n) is 9.98. The minimum absolute atomic E-state index is 0.390. The number of hydrogen-bond acceptors (Lipinski definition) is 4. The highest BCUT2D eigenvalue weighted by Gasteiger charge is 2.09. The SMILES string of the molecule is CCCCOCc1nc(Cl)c2cnn(C)c2n1. The first-order valence-corrected chi connectivity index (χ1v) is 6.02. The lowest BCUT2D eigenvalue weighted by Crippen LogP contribution is -2.02. The lowest BCUT2D eigenvalue weighted by molar-refractivity contribution is 0.113. The molecule has 0 fully saturated rings. The fourth-order valence-corrected chi connectivity index (χ4v) is 1.74. The van der Waals surface area contributed by atoms with Gasteiger partial charge in [-0.3, -0.25) is 4.68 Å². The van der Waals surface area contributed by atoms with E-state index in [2.05, 4.69) is 22.0 Å². The van der Waals surface area contributed by atoms with Gasteiger partial charge >= 0.3 is 0 Å². The number of unbranched alkanes of at least 4 members (excludes halogenated alkanes) is 1. The molecule has 0 aliphatic carbocycles. The number of rotatable bonds is 5. The zero-order chi connectivity index (χ0) is 12.3. The standard InChI is InChI=1S/C11H15ClN4O/c1-3-4-5-17-7-9-14-10(12)8-6-13-16(2)11(8)15-9/h6H,3-5,7H2,1-2H3. The van der Waals surface area contributed by atoms with Gasteiger partial charge in [-0.25, -0.2) is 9.97 Å². The number of hydrogen-bond donors (Lipinski definition) is 0. The maximum Gasteiger partial charge on any atom is 0.162 e. The summed E-state index contributed by atoms with van der Waals surface area (Å²) in [5, 5.41) is 5.29. The smallest absolute Gasteiger partial charge is 0.162 e. The van der Waals surface area contributed by atoms with Crippen LogP contribution in [0.5, 0.6) is 0 Å². The van der Waals surface area contributed by atoms with Gasteiger partial charge in [0.05, 0.1) is 11.6 Å². The number of nitrogens with zero attached hydrogens (tertiary/aromatic N) is 4. The molecule has 92 valence electrons. The summed E-state index contributed by atoms with van der Waals surface area (Å²) in [5.74, 6) is 0.599. The molecular formula is C11H15ClN4O. The zero-order valence-corrected chi connectivity index (χ0v) is 10.7. The molecular weight excluding hydrogens is 240 g/mol. The van der Waals surface area contributed by atoms with E-state index in [0.717, 1.165) is 30.5 Å². The van der Waals surface area contributed by atoms with Crippen LogP contribution in [0.1, 0.15) is 25.6 Å². The van der Waals surface area contributed by atoms with E-state index in [-0.39, 0.29) is 0 Å². The Morgan fingerprint density at radius 3 is 3.00 bits per heavy atom. The van der Waals surface area contributed by atoms with Gasteiger partial charge in [0.2, 0.25) is 0 Å². The first-order valence-electron chi connectivity index (χ1n) is 5.64. The number of fused-ring (bicyclic) bond motifs is 1. The third-order valence-corrected chi connectivity index (χ3v) is 2.75. The third kappa shape index (κ3) is 2.73. The van der Waals surface area contributed by atoms with Crippen LogP contribution in [0.4, 0.5) is 0 Å². The van der Waals surface area contributed by atoms with Crippen LogP contribution in [0.25, 0.3) is 11.0 Å². The molecule has 6 heteroatoms. The second-order valence-corrected chi connectivity index (χ2v) is 4.20. The fourth-order valence-electron chi connectivity index (χ4n) is 1.50. The van der Waals surface area contributed by atoms with Gasteiger partial charge in [0, 0.05) is 13.7 Å². The van der Waals surface area contributed by atoms with Gasteiger partial charge in [-0.15, -0.1) is 0 Å². The molecule has 5 nitrogen and oxygen atoms in total. The van der Waals surface area contributed by atoms with E-state index in [1.54, 1.807) is 10.9 Å². The van der Waals surface area contributed by atoms with Gasteiger partial charge < -0.3 is 4.74 Å². The van der Waals surface area contributed by atoms with Crippen LogP contribution in [-0.2, 0) is 18.4 Å². The van der Waals surface area contributed by atoms with Gasteiger partial charge in [0.25, 0.3) is 0 Å². The van der Waals surface area contributed by atoms with Crippen LogP contribution in [0.15, 0.2) is 6.20 Å². The molecule has 0 spiro atoms. The highest BCUT2D eigenvalue weighted by molar-refractivity contribution is 6.33. The minimum atomic E-state index is 0.390. The van der Waals surface area contributed by atoms with E-state index in [1.807, 2.05) is 7.05 Å². The number of aryl methyl sites for hydroxylation is 1. The third-order valence-electron chi connectivity index (χ3n) is 2.47. The molecule has 0 saturated heterocycles. The maximum absolute atomic E-state index is 6.06. The van der Waals surface area contributed by atoms with E-state index >= 15 is 0 Å². The van der Waals surface area contributed by atoms with Gasteiger partial charge in [-0.05, 0) is 6.42 Å². The predicted octanol–water partition coefficient (Wildman–Crippen LogP) is 2.33. The quantitative estimate of drug-likeness (QED) is 0.607. The summed E-state index contributed by atoms with van der Waals surface area (Å²) in [7, 11) is 1.83. The van der Waals surface area contributed by atoms with Crippen molar-refractivity contribution in [2.75, 3.05) is 6.61 Å². The van der Waals surface area contributed by atoms with Crippen molar-refractivity contribution in [3.8, 4) is 0 Å². The van der Waals surface area contributed by atoms with Crippen LogP contribution in [-0.4, -0.2) is 26.4 Å². The lowest BCUT2D eigenvalue weighted by atomic mass is 10.4. The summed E-state index contributed by atoms with van der Waals surface area (Å²) in [6.07, 6.45) is 3.82. The lowest BCUT2D eigenvalue weighted by Gasteiger charge is -2.03. The molecule has 2 heterocycles. The molecule has 0 unspecified atom stereocenters. The summed E-state index contributed by atoms with van der Waals surface area (Å²) in [6, 6.07) is 0. The van der Waals surface area contributed by atoms with Crippen LogP contribution in [0.3, 0.4) is 0 Å². The molecule has 2 rings (SSSR count). The first kappa shape index (κ1) is 12.3. The van der Waals surface area contributed by atoms with Gasteiger partial charge in [-0.1, -0.05) is 24.9 Å².